The number of nitrogens with one attached hydrogen (secondary N) is 1. The third-order valence-electron chi connectivity index (χ3n) is 3.28. The summed E-state index contributed by atoms with van der Waals surface area (Å²) in [5.74, 6) is 7.26. The van der Waals surface area contributed by atoms with Crippen molar-refractivity contribution in [2.24, 2.45) is 0 Å². The molecular weight excluding hydrogens is 364 g/mol. The van der Waals surface area contributed by atoms with Crippen LogP contribution >= 0.6 is 23.4 Å². The number of nitrogen functional groups attached to an aromatic ring is 1. The molecular formula is C15H15ClN6O2S. The Labute approximate surface area is 152 Å². The average molecular weight is 379 g/mol. The highest BCUT2D eigenvalue weighted by Gasteiger charge is 2.21. The minimum absolute atomic E-state index is 0.245. The van der Waals surface area contributed by atoms with E-state index in [0.717, 1.165) is 5.56 Å². The van der Waals surface area contributed by atoms with Gasteiger partial charge in [0, 0.05) is 16.7 Å². The molecule has 3 N–H and O–H groups in total. The number of thioether (sulfide) groups is 1. The molecule has 3 aromatic rings. The van der Waals surface area contributed by atoms with Crippen molar-refractivity contribution < 1.29 is 9.32 Å². The highest BCUT2D eigenvalue weighted by molar-refractivity contribution is 8.00. The van der Waals surface area contributed by atoms with Crippen LogP contribution in [0.15, 0.2) is 40.0 Å². The maximum atomic E-state index is 12.2. The molecule has 1 unspecified atom stereocenters. The number of hydrogen-bond donors (Lipinski definition) is 2. The number of carbonyl (C=O) groups is 1. The van der Waals surface area contributed by atoms with E-state index < -0.39 is 5.25 Å². The molecule has 0 spiro atoms. The average Bonchev–Trinajstić information content (AvgIpc) is 3.14. The van der Waals surface area contributed by atoms with Gasteiger partial charge in [-0.1, -0.05) is 40.7 Å². The molecule has 0 fully saturated rings. The van der Waals surface area contributed by atoms with E-state index >= 15 is 0 Å². The van der Waals surface area contributed by atoms with Crippen LogP contribution < -0.4 is 11.2 Å². The Kier molecular flexibility index (Phi) is 4.95. The summed E-state index contributed by atoms with van der Waals surface area (Å²) in [7, 11) is 0. The molecule has 0 saturated carbocycles. The van der Waals surface area contributed by atoms with Gasteiger partial charge >= 0.3 is 0 Å². The number of aromatic nitrogens is 4. The maximum absolute atomic E-state index is 12.2. The Morgan fingerprint density at radius 1 is 1.40 bits per heavy atom. The first-order chi connectivity index (χ1) is 11.9. The lowest BCUT2D eigenvalue weighted by molar-refractivity contribution is -0.115. The summed E-state index contributed by atoms with van der Waals surface area (Å²) in [5.41, 5.74) is 0.740. The monoisotopic (exact) mass is 378 g/mol. The molecule has 0 bridgehead atoms. The fourth-order valence-corrected chi connectivity index (χ4v) is 3.01. The van der Waals surface area contributed by atoms with E-state index in [4.69, 9.17) is 22.0 Å². The van der Waals surface area contributed by atoms with E-state index in [1.807, 2.05) is 6.07 Å². The third-order valence-corrected chi connectivity index (χ3v) is 4.57. The fourth-order valence-electron chi connectivity index (χ4n) is 2.05. The summed E-state index contributed by atoms with van der Waals surface area (Å²) in [4.78, 5) is 12.2. The second-order valence-corrected chi connectivity index (χ2v) is 7.00. The van der Waals surface area contributed by atoms with Crippen LogP contribution in [0.25, 0.3) is 11.4 Å². The zero-order valence-electron chi connectivity index (χ0n) is 13.4. The van der Waals surface area contributed by atoms with Crippen molar-refractivity contribution in [3.8, 4) is 11.4 Å². The van der Waals surface area contributed by atoms with Crippen LogP contribution in [0.1, 0.15) is 12.7 Å². The molecule has 2 heterocycles. The van der Waals surface area contributed by atoms with Gasteiger partial charge < -0.3 is 15.7 Å². The number of rotatable bonds is 5. The number of anilines is 1. The van der Waals surface area contributed by atoms with Gasteiger partial charge in [0.05, 0.1) is 5.25 Å². The molecule has 1 amide bonds. The minimum Gasteiger partial charge on any atom is -0.360 e. The van der Waals surface area contributed by atoms with Gasteiger partial charge in [-0.25, -0.2) is 4.68 Å². The number of benzene rings is 1. The molecule has 0 aliphatic rings. The maximum Gasteiger partial charge on any atom is 0.238 e. The van der Waals surface area contributed by atoms with Gasteiger partial charge in [0.25, 0.3) is 0 Å². The lowest BCUT2D eigenvalue weighted by atomic mass is 10.2. The van der Waals surface area contributed by atoms with Gasteiger partial charge in [-0.2, -0.15) is 0 Å². The smallest absolute Gasteiger partial charge is 0.238 e. The summed E-state index contributed by atoms with van der Waals surface area (Å²) < 4.78 is 6.25. The summed E-state index contributed by atoms with van der Waals surface area (Å²) in [6, 6.07) is 8.77. The van der Waals surface area contributed by atoms with Crippen molar-refractivity contribution in [1.29, 1.82) is 0 Å². The van der Waals surface area contributed by atoms with Gasteiger partial charge in [0.2, 0.25) is 11.1 Å². The molecule has 1 aromatic carbocycles. The second kappa shape index (κ2) is 7.16. The SMILES string of the molecule is Cc1cc(NC(=O)C(C)Sc2nnc(-c3cccc(Cl)c3)n2N)no1. The van der Waals surface area contributed by atoms with Crippen molar-refractivity contribution in [3.63, 3.8) is 0 Å². The summed E-state index contributed by atoms with van der Waals surface area (Å²) in [5, 5.41) is 15.0. The predicted octanol–water partition coefficient (Wildman–Crippen LogP) is 2.73. The van der Waals surface area contributed by atoms with Crippen LogP contribution in [0.3, 0.4) is 0 Å². The van der Waals surface area contributed by atoms with Gasteiger partial charge in [-0.05, 0) is 26.0 Å². The molecule has 130 valence electrons. The fraction of sp³-hybridized carbons (Fsp3) is 0.200. The van der Waals surface area contributed by atoms with Gasteiger partial charge in [0.1, 0.15) is 5.76 Å². The van der Waals surface area contributed by atoms with E-state index in [2.05, 4.69) is 20.7 Å². The summed E-state index contributed by atoms with van der Waals surface area (Å²) in [6.07, 6.45) is 0. The normalized spacial score (nSPS) is 12.1. The van der Waals surface area contributed by atoms with Gasteiger partial charge in [-0.3, -0.25) is 4.79 Å². The highest BCUT2D eigenvalue weighted by atomic mass is 35.5. The minimum atomic E-state index is -0.462. The van der Waals surface area contributed by atoms with E-state index in [9.17, 15) is 4.79 Å². The second-order valence-electron chi connectivity index (χ2n) is 5.26. The quantitative estimate of drug-likeness (QED) is 0.518. The van der Waals surface area contributed by atoms with E-state index in [0.29, 0.717) is 27.6 Å². The van der Waals surface area contributed by atoms with Crippen LogP contribution in [0, 0.1) is 6.92 Å². The Bertz CT molecular complexity index is 909. The van der Waals surface area contributed by atoms with Crippen LogP contribution in [0.2, 0.25) is 5.02 Å². The lowest BCUT2D eigenvalue weighted by Gasteiger charge is -2.09. The zero-order valence-corrected chi connectivity index (χ0v) is 15.0. The molecule has 0 radical (unpaired) electrons. The Hall–Kier alpha value is -2.52. The number of carbonyl (C=O) groups excluding carboxylic acids is 1. The number of amides is 1. The first-order valence-corrected chi connectivity index (χ1v) is 8.57. The zero-order chi connectivity index (χ0) is 18.0. The van der Waals surface area contributed by atoms with Gasteiger partial charge in [-0.15, -0.1) is 10.2 Å². The molecule has 0 aliphatic carbocycles. The Morgan fingerprint density at radius 2 is 2.20 bits per heavy atom. The molecule has 0 aliphatic heterocycles. The summed E-state index contributed by atoms with van der Waals surface area (Å²) >= 11 is 7.17. The number of aryl methyl sites for hydroxylation is 1. The number of hydrogen-bond acceptors (Lipinski definition) is 7. The van der Waals surface area contributed by atoms with Crippen molar-refractivity contribution in [3.05, 3.63) is 41.1 Å². The Balaban J connectivity index is 1.71. The number of nitrogens with two attached hydrogens (primary N) is 1. The standard InChI is InChI=1S/C15H15ClN6O2S/c1-8-6-12(21-24-8)18-14(23)9(2)25-15-20-19-13(22(15)17)10-4-3-5-11(16)7-10/h3-7,9H,17H2,1-2H3,(H,18,21,23). The topological polar surface area (TPSA) is 112 Å². The van der Waals surface area contributed by atoms with Crippen molar-refractivity contribution in [2.75, 3.05) is 11.2 Å². The number of nitrogens with zero attached hydrogens (tertiary/aromatic N) is 4. The van der Waals surface area contributed by atoms with E-state index in [1.165, 1.54) is 16.4 Å². The van der Waals surface area contributed by atoms with Crippen LogP contribution in [-0.4, -0.2) is 31.2 Å². The lowest BCUT2D eigenvalue weighted by Crippen LogP contribution is -2.23. The van der Waals surface area contributed by atoms with E-state index in [-0.39, 0.29) is 5.91 Å². The van der Waals surface area contributed by atoms with Crippen LogP contribution in [0.4, 0.5) is 5.82 Å². The first-order valence-electron chi connectivity index (χ1n) is 7.31. The highest BCUT2D eigenvalue weighted by Crippen LogP contribution is 2.26. The predicted molar refractivity (Wildman–Crippen MR) is 95.8 cm³/mol. The van der Waals surface area contributed by atoms with Crippen molar-refractivity contribution in [1.82, 2.24) is 20.0 Å². The molecule has 1 atom stereocenters. The third kappa shape index (κ3) is 3.94. The molecule has 10 heteroatoms. The largest absolute Gasteiger partial charge is 0.360 e. The molecule has 0 saturated heterocycles. The molecule has 8 nitrogen and oxygen atoms in total. The van der Waals surface area contributed by atoms with E-state index in [1.54, 1.807) is 38.1 Å². The summed E-state index contributed by atoms with van der Waals surface area (Å²) in [6.45, 7) is 3.48. The molecule has 25 heavy (non-hydrogen) atoms. The van der Waals surface area contributed by atoms with Crippen molar-refractivity contribution in [2.45, 2.75) is 24.3 Å². The van der Waals surface area contributed by atoms with Crippen molar-refractivity contribution >= 4 is 35.1 Å². The Morgan fingerprint density at radius 3 is 2.88 bits per heavy atom. The number of halogens is 1. The molecule has 2 aromatic heterocycles. The molecule has 3 rings (SSSR count). The van der Waals surface area contributed by atoms with Gasteiger partial charge in [0.15, 0.2) is 11.6 Å². The first kappa shape index (κ1) is 17.3. The van der Waals surface area contributed by atoms with Crippen LogP contribution in [0.5, 0.6) is 0 Å². The van der Waals surface area contributed by atoms with Crippen LogP contribution in [-0.2, 0) is 4.79 Å².